The number of fused-ring (bicyclic) bond motifs is 5. The van der Waals surface area contributed by atoms with Gasteiger partial charge in [-0.05, 0) is 50.7 Å². The van der Waals surface area contributed by atoms with E-state index < -0.39 is 5.79 Å². The summed E-state index contributed by atoms with van der Waals surface area (Å²) >= 11 is 0. The van der Waals surface area contributed by atoms with Crippen molar-refractivity contribution in [1.82, 2.24) is 0 Å². The molecular weight excluding hydrogens is 268 g/mol. The van der Waals surface area contributed by atoms with Gasteiger partial charge in [0.05, 0.1) is 17.8 Å². The molecule has 0 spiro atoms. The number of ether oxygens (including phenoxy) is 2. The molecule has 1 aliphatic heterocycles. The van der Waals surface area contributed by atoms with E-state index in [2.05, 4.69) is 0 Å². The van der Waals surface area contributed by atoms with E-state index in [-0.39, 0.29) is 35.6 Å². The molecule has 0 amide bonds. The topological polar surface area (TPSA) is 55.8 Å². The molecule has 5 atom stereocenters. The van der Waals surface area contributed by atoms with E-state index in [1.807, 2.05) is 13.8 Å². The minimum Gasteiger partial charge on any atom is -0.507 e. The molecule has 4 rings (SSSR count). The predicted octanol–water partition coefficient (Wildman–Crippen LogP) is 2.75. The number of ketones is 1. The van der Waals surface area contributed by atoms with Gasteiger partial charge in [0.1, 0.15) is 5.75 Å². The second-order valence-corrected chi connectivity index (χ2v) is 6.95. The molecule has 3 fully saturated rings. The number of rotatable bonds is 2. The third-order valence-electron chi connectivity index (χ3n) is 5.20. The van der Waals surface area contributed by atoms with E-state index in [0.717, 1.165) is 12.8 Å². The maximum Gasteiger partial charge on any atom is 0.170 e. The number of benzene rings is 1. The molecule has 4 nitrogen and oxygen atoms in total. The van der Waals surface area contributed by atoms with E-state index in [1.54, 1.807) is 24.3 Å². The largest absolute Gasteiger partial charge is 0.507 e. The van der Waals surface area contributed by atoms with Crippen molar-refractivity contribution in [2.24, 2.45) is 17.8 Å². The Bertz CT molecular complexity index is 594. The summed E-state index contributed by atoms with van der Waals surface area (Å²) in [5, 5.41) is 9.91. The highest BCUT2D eigenvalue weighted by atomic mass is 16.8. The standard InChI is InChI=1S/C17H20O4/c1-17(2)20-15-9-7-11(12(8-9)16(15)21-17)14(19)10-5-3-4-6-13(10)18/h3-6,9,11-12,15-16,18H,7-8H2,1-2H3/t9-,11+,12+,15-,16+/m1/s1. The van der Waals surface area contributed by atoms with Crippen LogP contribution in [0.1, 0.15) is 37.0 Å². The quantitative estimate of drug-likeness (QED) is 0.850. The number of carbonyl (C=O) groups is 1. The maximum atomic E-state index is 12.8. The van der Waals surface area contributed by atoms with Gasteiger partial charge in [0, 0.05) is 5.92 Å². The molecule has 2 saturated carbocycles. The van der Waals surface area contributed by atoms with Gasteiger partial charge in [-0.3, -0.25) is 4.79 Å². The number of hydrogen-bond donors (Lipinski definition) is 1. The van der Waals surface area contributed by atoms with Crippen LogP contribution >= 0.6 is 0 Å². The first-order valence-electron chi connectivity index (χ1n) is 7.64. The van der Waals surface area contributed by atoms with Gasteiger partial charge in [-0.15, -0.1) is 0 Å². The molecule has 2 bridgehead atoms. The smallest absolute Gasteiger partial charge is 0.170 e. The van der Waals surface area contributed by atoms with Gasteiger partial charge in [0.15, 0.2) is 11.6 Å². The van der Waals surface area contributed by atoms with Gasteiger partial charge < -0.3 is 14.6 Å². The second-order valence-electron chi connectivity index (χ2n) is 6.95. The molecule has 112 valence electrons. The summed E-state index contributed by atoms with van der Waals surface area (Å²) in [7, 11) is 0. The van der Waals surface area contributed by atoms with Crippen molar-refractivity contribution >= 4 is 5.78 Å². The van der Waals surface area contributed by atoms with Crippen molar-refractivity contribution in [2.45, 2.75) is 44.7 Å². The van der Waals surface area contributed by atoms with E-state index >= 15 is 0 Å². The normalized spacial score (nSPS) is 39.4. The summed E-state index contributed by atoms with van der Waals surface area (Å²) in [6.45, 7) is 3.87. The zero-order valence-electron chi connectivity index (χ0n) is 12.3. The summed E-state index contributed by atoms with van der Waals surface area (Å²) in [6.07, 6.45) is 2.00. The number of para-hydroxylation sites is 1. The van der Waals surface area contributed by atoms with Crippen LogP contribution in [0.5, 0.6) is 5.75 Å². The highest BCUT2D eigenvalue weighted by Gasteiger charge is 2.61. The highest BCUT2D eigenvalue weighted by molar-refractivity contribution is 6.00. The lowest BCUT2D eigenvalue weighted by molar-refractivity contribution is -0.157. The fourth-order valence-electron chi connectivity index (χ4n) is 4.44. The SMILES string of the molecule is CC1(C)O[C@@H]2[C@H]3C[C@H]([C@@H]2O1)[C@@H](C(=O)c1ccccc1O)C3. The van der Waals surface area contributed by atoms with Crippen molar-refractivity contribution < 1.29 is 19.4 Å². The van der Waals surface area contributed by atoms with E-state index in [4.69, 9.17) is 9.47 Å². The van der Waals surface area contributed by atoms with Crippen LogP contribution in [0, 0.1) is 17.8 Å². The summed E-state index contributed by atoms with van der Waals surface area (Å²) in [6, 6.07) is 6.80. The molecule has 1 aromatic rings. The number of hydrogen-bond acceptors (Lipinski definition) is 4. The highest BCUT2D eigenvalue weighted by Crippen LogP contribution is 2.56. The summed E-state index contributed by atoms with van der Waals surface area (Å²) in [5.41, 5.74) is 0.435. The second kappa shape index (κ2) is 4.31. The Labute approximate surface area is 124 Å². The molecule has 0 aromatic heterocycles. The molecule has 1 aromatic carbocycles. The summed E-state index contributed by atoms with van der Waals surface area (Å²) in [5.74, 6) is 0.148. The number of phenolic OH excluding ortho intramolecular Hbond substituents is 1. The number of phenols is 1. The van der Waals surface area contributed by atoms with Gasteiger partial charge in [-0.2, -0.15) is 0 Å². The molecule has 4 heteroatoms. The van der Waals surface area contributed by atoms with E-state index in [1.165, 1.54) is 0 Å². The third kappa shape index (κ3) is 1.93. The molecule has 21 heavy (non-hydrogen) atoms. The lowest BCUT2D eigenvalue weighted by Gasteiger charge is -2.28. The minimum absolute atomic E-state index is 0.0264. The van der Waals surface area contributed by atoms with Crippen LogP contribution < -0.4 is 0 Å². The first-order valence-corrected chi connectivity index (χ1v) is 7.64. The number of carbonyl (C=O) groups excluding carboxylic acids is 1. The molecule has 1 heterocycles. The third-order valence-corrected chi connectivity index (χ3v) is 5.20. The zero-order valence-corrected chi connectivity index (χ0v) is 12.3. The van der Waals surface area contributed by atoms with Crippen LogP contribution in [0.4, 0.5) is 0 Å². The minimum atomic E-state index is -0.543. The fourth-order valence-corrected chi connectivity index (χ4v) is 4.44. The zero-order chi connectivity index (χ0) is 14.8. The Morgan fingerprint density at radius 2 is 1.90 bits per heavy atom. The first-order chi connectivity index (χ1) is 9.96. The number of Topliss-reactive ketones (excluding diaryl/α,β-unsaturated/α-hetero) is 1. The van der Waals surface area contributed by atoms with Crippen LogP contribution in [0.3, 0.4) is 0 Å². The molecule has 1 saturated heterocycles. The Balaban J connectivity index is 1.60. The van der Waals surface area contributed by atoms with Gasteiger partial charge in [0.2, 0.25) is 0 Å². The van der Waals surface area contributed by atoms with Crippen molar-refractivity contribution in [3.63, 3.8) is 0 Å². The van der Waals surface area contributed by atoms with Crippen molar-refractivity contribution in [3.8, 4) is 5.75 Å². The van der Waals surface area contributed by atoms with Crippen molar-refractivity contribution in [1.29, 1.82) is 0 Å². The summed E-state index contributed by atoms with van der Waals surface area (Å²) in [4.78, 5) is 12.8. The van der Waals surface area contributed by atoms with Crippen LogP contribution in [0.2, 0.25) is 0 Å². The Morgan fingerprint density at radius 1 is 1.19 bits per heavy atom. The van der Waals surface area contributed by atoms with Crippen LogP contribution in [-0.2, 0) is 9.47 Å². The Hall–Kier alpha value is -1.39. The lowest BCUT2D eigenvalue weighted by atomic mass is 9.80. The number of aromatic hydroxyl groups is 1. The van der Waals surface area contributed by atoms with E-state index in [9.17, 15) is 9.90 Å². The Morgan fingerprint density at radius 3 is 2.67 bits per heavy atom. The Kier molecular flexibility index (Phi) is 2.72. The summed E-state index contributed by atoms with van der Waals surface area (Å²) < 4.78 is 12.0. The van der Waals surface area contributed by atoms with Crippen molar-refractivity contribution in [3.05, 3.63) is 29.8 Å². The van der Waals surface area contributed by atoms with Gasteiger partial charge in [-0.25, -0.2) is 0 Å². The van der Waals surface area contributed by atoms with E-state index in [0.29, 0.717) is 11.5 Å². The molecule has 3 aliphatic rings. The molecule has 0 unspecified atom stereocenters. The van der Waals surface area contributed by atoms with Crippen LogP contribution in [0.25, 0.3) is 0 Å². The van der Waals surface area contributed by atoms with Gasteiger partial charge >= 0.3 is 0 Å². The lowest BCUT2D eigenvalue weighted by Crippen LogP contribution is -2.37. The van der Waals surface area contributed by atoms with Gasteiger partial charge in [0.25, 0.3) is 0 Å². The average Bonchev–Trinajstić information content (AvgIpc) is 3.06. The first kappa shape index (κ1) is 13.3. The van der Waals surface area contributed by atoms with Crippen LogP contribution in [-0.4, -0.2) is 28.9 Å². The molecular formula is C17H20O4. The van der Waals surface area contributed by atoms with Gasteiger partial charge in [-0.1, -0.05) is 12.1 Å². The molecule has 1 N–H and O–H groups in total. The van der Waals surface area contributed by atoms with Crippen LogP contribution in [0.15, 0.2) is 24.3 Å². The molecule has 0 radical (unpaired) electrons. The fraction of sp³-hybridized carbons (Fsp3) is 0.588. The predicted molar refractivity (Wildman–Crippen MR) is 76.0 cm³/mol. The maximum absolute atomic E-state index is 12.8. The molecule has 2 aliphatic carbocycles. The van der Waals surface area contributed by atoms with Crippen molar-refractivity contribution in [2.75, 3.05) is 0 Å². The monoisotopic (exact) mass is 288 g/mol. The average molecular weight is 288 g/mol.